The predicted molar refractivity (Wildman–Crippen MR) is 77.4 cm³/mol. The van der Waals surface area contributed by atoms with Crippen LogP contribution in [-0.4, -0.2) is 23.6 Å². The van der Waals surface area contributed by atoms with Crippen LogP contribution < -0.4 is 5.32 Å². The molecule has 1 atom stereocenters. The summed E-state index contributed by atoms with van der Waals surface area (Å²) in [5.41, 5.74) is 0.356. The van der Waals surface area contributed by atoms with Gasteiger partial charge >= 0.3 is 5.97 Å². The molecule has 0 amide bonds. The zero-order valence-corrected chi connectivity index (χ0v) is 12.3. The van der Waals surface area contributed by atoms with Gasteiger partial charge in [0.1, 0.15) is 5.82 Å². The molecular weight excluding hydrogens is 240 g/mol. The number of nitrogens with zero attached hydrogens (tertiary/aromatic N) is 1. The lowest BCUT2D eigenvalue weighted by Gasteiger charge is -2.12. The Morgan fingerprint density at radius 3 is 2.74 bits per heavy atom. The lowest BCUT2D eigenvalue weighted by atomic mass is 10.1. The van der Waals surface area contributed by atoms with Crippen LogP contribution in [0.1, 0.15) is 51.0 Å². The van der Waals surface area contributed by atoms with Crippen LogP contribution in [0.2, 0.25) is 0 Å². The van der Waals surface area contributed by atoms with Gasteiger partial charge < -0.3 is 10.1 Å². The number of hydrogen-bond acceptors (Lipinski definition) is 4. The largest absolute Gasteiger partial charge is 0.461 e. The highest BCUT2D eigenvalue weighted by atomic mass is 16.5. The number of anilines is 1. The third kappa shape index (κ3) is 5.73. The molecule has 0 aliphatic carbocycles. The summed E-state index contributed by atoms with van der Waals surface area (Å²) in [7, 11) is 0. The lowest BCUT2D eigenvalue weighted by molar-refractivity contribution is 0.0437. The molecule has 1 aromatic heterocycles. The Bertz CT molecular complexity index is 405. The molecule has 0 fully saturated rings. The second-order valence-corrected chi connectivity index (χ2v) is 5.20. The lowest BCUT2D eigenvalue weighted by Crippen LogP contribution is -2.15. The van der Waals surface area contributed by atoms with Crippen LogP contribution in [0.15, 0.2) is 18.2 Å². The number of esters is 1. The normalized spacial score (nSPS) is 12.3. The maximum atomic E-state index is 11.9. The zero-order valence-electron chi connectivity index (χ0n) is 12.3. The molecule has 0 bridgehead atoms. The van der Waals surface area contributed by atoms with Crippen LogP contribution in [0.5, 0.6) is 0 Å². The molecule has 4 heteroatoms. The van der Waals surface area contributed by atoms with Crippen molar-refractivity contribution in [3.63, 3.8) is 0 Å². The van der Waals surface area contributed by atoms with Crippen molar-refractivity contribution in [1.82, 2.24) is 4.98 Å². The number of carbonyl (C=O) groups excluding carboxylic acids is 1. The van der Waals surface area contributed by atoms with Gasteiger partial charge in [0.05, 0.1) is 6.61 Å². The van der Waals surface area contributed by atoms with Crippen molar-refractivity contribution in [2.24, 2.45) is 5.92 Å². The first-order chi connectivity index (χ1) is 9.02. The van der Waals surface area contributed by atoms with Crippen molar-refractivity contribution < 1.29 is 9.53 Å². The van der Waals surface area contributed by atoms with E-state index in [2.05, 4.69) is 24.1 Å². The first-order valence-corrected chi connectivity index (χ1v) is 6.93. The number of hydrogen-bond donors (Lipinski definition) is 1. The SMILES string of the molecule is CCCC(C)COC(=O)c1cccc(NC(C)C)n1. The first-order valence-electron chi connectivity index (χ1n) is 6.93. The summed E-state index contributed by atoms with van der Waals surface area (Å²) in [5, 5.41) is 3.17. The first kappa shape index (κ1) is 15.5. The van der Waals surface area contributed by atoms with Gasteiger partial charge in [0.15, 0.2) is 5.69 Å². The summed E-state index contributed by atoms with van der Waals surface area (Å²) in [6, 6.07) is 5.61. The van der Waals surface area contributed by atoms with Crippen molar-refractivity contribution >= 4 is 11.8 Å². The van der Waals surface area contributed by atoms with E-state index in [1.54, 1.807) is 6.07 Å². The molecule has 0 saturated heterocycles. The third-order valence-corrected chi connectivity index (χ3v) is 2.68. The molecule has 1 aromatic rings. The fourth-order valence-electron chi connectivity index (χ4n) is 1.79. The zero-order chi connectivity index (χ0) is 14.3. The van der Waals surface area contributed by atoms with Gasteiger partial charge in [0.25, 0.3) is 0 Å². The van der Waals surface area contributed by atoms with Gasteiger partial charge in [-0.05, 0) is 38.3 Å². The molecule has 0 spiro atoms. The van der Waals surface area contributed by atoms with E-state index in [-0.39, 0.29) is 12.0 Å². The fraction of sp³-hybridized carbons (Fsp3) is 0.600. The maximum Gasteiger partial charge on any atom is 0.357 e. The Morgan fingerprint density at radius 1 is 1.37 bits per heavy atom. The Balaban J connectivity index is 2.56. The summed E-state index contributed by atoms with van der Waals surface area (Å²) < 4.78 is 5.27. The molecular formula is C15H24N2O2. The van der Waals surface area contributed by atoms with E-state index < -0.39 is 0 Å². The number of rotatable bonds is 7. The van der Waals surface area contributed by atoms with Crippen molar-refractivity contribution in [1.29, 1.82) is 0 Å². The van der Waals surface area contributed by atoms with Gasteiger partial charge in [-0.3, -0.25) is 0 Å². The highest BCUT2D eigenvalue weighted by molar-refractivity contribution is 5.87. The Kier molecular flexibility index (Phi) is 6.33. The number of carbonyl (C=O) groups is 1. The molecule has 19 heavy (non-hydrogen) atoms. The van der Waals surface area contributed by atoms with Crippen LogP contribution in [0.4, 0.5) is 5.82 Å². The molecule has 0 saturated carbocycles. The molecule has 4 nitrogen and oxygen atoms in total. The van der Waals surface area contributed by atoms with Gasteiger partial charge in [-0.1, -0.05) is 26.3 Å². The van der Waals surface area contributed by atoms with Crippen LogP contribution >= 0.6 is 0 Å². The van der Waals surface area contributed by atoms with Crippen molar-refractivity contribution in [2.75, 3.05) is 11.9 Å². The monoisotopic (exact) mass is 264 g/mol. The van der Waals surface area contributed by atoms with E-state index in [1.165, 1.54) is 0 Å². The van der Waals surface area contributed by atoms with Crippen LogP contribution in [0, 0.1) is 5.92 Å². The number of aromatic nitrogens is 1. The number of ether oxygens (including phenoxy) is 1. The van der Waals surface area contributed by atoms with Gasteiger partial charge in [-0.25, -0.2) is 9.78 Å². The summed E-state index contributed by atoms with van der Waals surface area (Å²) in [6.45, 7) is 8.72. The Morgan fingerprint density at radius 2 is 2.11 bits per heavy atom. The fourth-order valence-corrected chi connectivity index (χ4v) is 1.79. The second-order valence-electron chi connectivity index (χ2n) is 5.20. The molecule has 1 heterocycles. The van der Waals surface area contributed by atoms with Crippen LogP contribution in [-0.2, 0) is 4.74 Å². The van der Waals surface area contributed by atoms with Gasteiger partial charge in [-0.15, -0.1) is 0 Å². The van der Waals surface area contributed by atoms with E-state index >= 15 is 0 Å². The molecule has 1 unspecified atom stereocenters. The highest BCUT2D eigenvalue weighted by Crippen LogP contribution is 2.10. The topological polar surface area (TPSA) is 51.2 Å². The molecule has 1 rings (SSSR count). The molecule has 1 N–H and O–H groups in total. The van der Waals surface area contributed by atoms with Crippen LogP contribution in [0.3, 0.4) is 0 Å². The molecule has 0 aliphatic rings. The minimum absolute atomic E-state index is 0.281. The Labute approximate surface area is 115 Å². The standard InChI is InChI=1S/C15H24N2O2/c1-5-7-12(4)10-19-15(18)13-8-6-9-14(17-13)16-11(2)3/h6,8-9,11-12H,5,7,10H2,1-4H3,(H,16,17). The Hall–Kier alpha value is -1.58. The van der Waals surface area contributed by atoms with Gasteiger partial charge in [0.2, 0.25) is 0 Å². The average Bonchev–Trinajstić information content (AvgIpc) is 2.36. The number of nitrogens with one attached hydrogen (secondary N) is 1. The minimum atomic E-state index is -0.352. The minimum Gasteiger partial charge on any atom is -0.461 e. The highest BCUT2D eigenvalue weighted by Gasteiger charge is 2.11. The van der Waals surface area contributed by atoms with E-state index in [9.17, 15) is 4.79 Å². The van der Waals surface area contributed by atoms with Crippen molar-refractivity contribution in [3.05, 3.63) is 23.9 Å². The van der Waals surface area contributed by atoms with Crippen molar-refractivity contribution in [3.8, 4) is 0 Å². The molecule has 106 valence electrons. The maximum absolute atomic E-state index is 11.9. The summed E-state index contributed by atoms with van der Waals surface area (Å²) >= 11 is 0. The van der Waals surface area contributed by atoms with E-state index in [0.29, 0.717) is 24.0 Å². The summed E-state index contributed by atoms with van der Waals surface area (Å²) in [4.78, 5) is 16.1. The predicted octanol–water partition coefficient (Wildman–Crippen LogP) is 3.49. The average molecular weight is 264 g/mol. The van der Waals surface area contributed by atoms with Crippen LogP contribution in [0.25, 0.3) is 0 Å². The number of pyridine rings is 1. The molecule has 0 radical (unpaired) electrons. The molecule has 0 aliphatic heterocycles. The summed E-state index contributed by atoms with van der Waals surface area (Å²) in [5.74, 6) is 0.743. The molecule has 0 aromatic carbocycles. The second kappa shape index (κ2) is 7.77. The van der Waals surface area contributed by atoms with Crippen molar-refractivity contribution in [2.45, 2.75) is 46.6 Å². The quantitative estimate of drug-likeness (QED) is 0.766. The van der Waals surface area contributed by atoms with Gasteiger partial charge in [-0.2, -0.15) is 0 Å². The smallest absolute Gasteiger partial charge is 0.357 e. The van der Waals surface area contributed by atoms with Gasteiger partial charge in [0, 0.05) is 6.04 Å². The van der Waals surface area contributed by atoms with E-state index in [0.717, 1.165) is 12.8 Å². The third-order valence-electron chi connectivity index (χ3n) is 2.68. The summed E-state index contributed by atoms with van der Waals surface area (Å²) in [6.07, 6.45) is 2.17. The van der Waals surface area contributed by atoms with E-state index in [1.807, 2.05) is 26.0 Å². The van der Waals surface area contributed by atoms with E-state index in [4.69, 9.17) is 4.74 Å².